The Morgan fingerprint density at radius 2 is 1.07 bits per heavy atom. The molecule has 0 bridgehead atoms. The molecule has 0 atom stereocenters. The van der Waals surface area contributed by atoms with E-state index in [1.165, 1.54) is 0 Å². The molecule has 82 valence electrons. The number of hydrogen-bond donors (Lipinski definition) is 2. The van der Waals surface area contributed by atoms with Gasteiger partial charge in [-0.15, -0.1) is 12.4 Å². The van der Waals surface area contributed by atoms with Crippen LogP contribution in [0.1, 0.15) is 0 Å². The fourth-order valence-corrected chi connectivity index (χ4v) is 0.544. The summed E-state index contributed by atoms with van der Waals surface area (Å²) >= 11 is 0. The lowest BCUT2D eigenvalue weighted by molar-refractivity contribution is 0.311. The van der Waals surface area contributed by atoms with Crippen LogP contribution in [0.15, 0.2) is 6.07 Å². The minimum Gasteiger partial charge on any atom is -0.320 e. The minimum absolute atomic E-state index is 0. The maximum atomic E-state index is 12.0. The van der Waals surface area contributed by atoms with Crippen molar-refractivity contribution in [3.8, 4) is 0 Å². The zero-order valence-electron chi connectivity index (χ0n) is 6.40. The Hall–Kier alpha value is -0.920. The Morgan fingerprint density at radius 3 is 1.36 bits per heavy atom. The predicted molar refractivity (Wildman–Crippen MR) is 39.5 cm³/mol. The summed E-state index contributed by atoms with van der Waals surface area (Å²) in [5.74, 6) is -6.15. The molecule has 0 saturated heterocycles. The zero-order chi connectivity index (χ0) is 10.6. The fourth-order valence-electron chi connectivity index (χ4n) is 0.544. The maximum Gasteiger partial charge on any atom is 0.200 e. The fraction of sp³-hybridized carbons (Fsp3) is 0. The summed E-state index contributed by atoms with van der Waals surface area (Å²) in [6.07, 6.45) is 0. The lowest BCUT2D eigenvalue weighted by atomic mass is 10.3. The molecule has 3 N–H and O–H groups in total. The average Bonchev–Trinajstić information content (AvgIpc) is 2.15. The van der Waals surface area contributed by atoms with Gasteiger partial charge in [-0.1, -0.05) is 0 Å². The molecule has 1 aromatic rings. The van der Waals surface area contributed by atoms with Gasteiger partial charge in [-0.05, 0) is 0 Å². The van der Waals surface area contributed by atoms with Crippen LogP contribution >= 0.6 is 12.4 Å². The standard InChI is InChI=1S/C6HF5.ClH.H3NO/c7-2-1-3(8)5(10)6(11)4(2)9;;1-2/h1H;1H;2H,1H2. The Balaban J connectivity index is 0. The van der Waals surface area contributed by atoms with Crippen LogP contribution < -0.4 is 5.90 Å². The number of halogens is 6. The van der Waals surface area contributed by atoms with E-state index >= 15 is 0 Å². The average molecular weight is 238 g/mol. The Kier molecular flexibility index (Phi) is 7.24. The molecular formula is C6H5ClF5NO. The first kappa shape index (κ1) is 15.5. The minimum atomic E-state index is -2.14. The second-order valence-corrected chi connectivity index (χ2v) is 1.78. The van der Waals surface area contributed by atoms with Gasteiger partial charge in [-0.2, -0.15) is 0 Å². The smallest absolute Gasteiger partial charge is 0.200 e. The highest BCUT2D eigenvalue weighted by Crippen LogP contribution is 2.16. The Bertz CT molecular complexity index is 283. The van der Waals surface area contributed by atoms with Crippen molar-refractivity contribution in [1.29, 1.82) is 0 Å². The summed E-state index contributed by atoms with van der Waals surface area (Å²) < 4.78 is 60.0. The third-order valence-electron chi connectivity index (χ3n) is 1.06. The van der Waals surface area contributed by atoms with Gasteiger partial charge in [0.1, 0.15) is 0 Å². The molecule has 0 aliphatic carbocycles. The first-order chi connectivity index (χ1) is 6.04. The Morgan fingerprint density at radius 1 is 0.786 bits per heavy atom. The first-order valence-corrected chi connectivity index (χ1v) is 2.78. The van der Waals surface area contributed by atoms with Crippen LogP contribution in [0.3, 0.4) is 0 Å². The third-order valence-corrected chi connectivity index (χ3v) is 1.06. The molecule has 0 saturated carbocycles. The largest absolute Gasteiger partial charge is 0.320 e. The van der Waals surface area contributed by atoms with Crippen LogP contribution in [0.2, 0.25) is 0 Å². The van der Waals surface area contributed by atoms with Gasteiger partial charge in [0.05, 0.1) is 0 Å². The second kappa shape index (κ2) is 6.52. The normalized spacial score (nSPS) is 8.50. The van der Waals surface area contributed by atoms with Crippen molar-refractivity contribution in [2.45, 2.75) is 0 Å². The molecule has 0 unspecified atom stereocenters. The molecule has 0 aliphatic heterocycles. The first-order valence-electron chi connectivity index (χ1n) is 2.78. The van der Waals surface area contributed by atoms with Crippen molar-refractivity contribution in [1.82, 2.24) is 0 Å². The highest BCUT2D eigenvalue weighted by Gasteiger charge is 2.18. The van der Waals surface area contributed by atoms with Crippen molar-refractivity contribution in [3.05, 3.63) is 35.2 Å². The number of rotatable bonds is 0. The molecule has 14 heavy (non-hydrogen) atoms. The molecule has 0 heterocycles. The van der Waals surface area contributed by atoms with Gasteiger partial charge in [0.15, 0.2) is 23.3 Å². The molecule has 1 rings (SSSR count). The van der Waals surface area contributed by atoms with E-state index in [2.05, 4.69) is 5.90 Å². The summed E-state index contributed by atoms with van der Waals surface area (Å²) in [4.78, 5) is 0. The maximum absolute atomic E-state index is 12.0. The van der Waals surface area contributed by atoms with E-state index in [0.717, 1.165) is 0 Å². The van der Waals surface area contributed by atoms with Crippen molar-refractivity contribution in [3.63, 3.8) is 0 Å². The van der Waals surface area contributed by atoms with E-state index in [1.54, 1.807) is 0 Å². The van der Waals surface area contributed by atoms with Gasteiger partial charge in [0.25, 0.3) is 0 Å². The molecule has 0 spiro atoms. The molecule has 0 radical (unpaired) electrons. The van der Waals surface area contributed by atoms with Gasteiger partial charge >= 0.3 is 0 Å². The van der Waals surface area contributed by atoms with Crippen LogP contribution in [-0.2, 0) is 0 Å². The van der Waals surface area contributed by atoms with E-state index < -0.39 is 29.1 Å². The van der Waals surface area contributed by atoms with E-state index in [4.69, 9.17) is 5.21 Å². The van der Waals surface area contributed by atoms with E-state index in [1.807, 2.05) is 0 Å². The van der Waals surface area contributed by atoms with Gasteiger partial charge < -0.3 is 5.21 Å². The molecule has 0 aromatic heterocycles. The van der Waals surface area contributed by atoms with Crippen molar-refractivity contribution in [2.75, 3.05) is 0 Å². The van der Waals surface area contributed by atoms with Gasteiger partial charge in [0.2, 0.25) is 5.82 Å². The summed E-state index contributed by atoms with van der Waals surface area (Å²) in [6.45, 7) is 0. The van der Waals surface area contributed by atoms with Crippen molar-refractivity contribution < 1.29 is 27.2 Å². The summed E-state index contributed by atoms with van der Waals surface area (Å²) in [7, 11) is 0. The summed E-state index contributed by atoms with van der Waals surface area (Å²) in [5.41, 5.74) is 0. The number of nitrogens with two attached hydrogens (primary N) is 1. The lowest BCUT2D eigenvalue weighted by Gasteiger charge is -1.96. The highest BCUT2D eigenvalue weighted by atomic mass is 35.5. The molecule has 0 amide bonds. The van der Waals surface area contributed by atoms with Gasteiger partial charge in [-0.25, -0.2) is 27.8 Å². The summed E-state index contributed by atoms with van der Waals surface area (Å²) in [5, 5.41) is 6.50. The molecule has 8 heteroatoms. The zero-order valence-corrected chi connectivity index (χ0v) is 7.22. The molecule has 0 aliphatic rings. The van der Waals surface area contributed by atoms with Crippen LogP contribution in [0.25, 0.3) is 0 Å². The topological polar surface area (TPSA) is 46.2 Å². The lowest BCUT2D eigenvalue weighted by Crippen LogP contribution is -1.98. The highest BCUT2D eigenvalue weighted by molar-refractivity contribution is 5.85. The van der Waals surface area contributed by atoms with Crippen molar-refractivity contribution >= 4 is 12.4 Å². The van der Waals surface area contributed by atoms with Crippen LogP contribution in [0, 0.1) is 29.1 Å². The second-order valence-electron chi connectivity index (χ2n) is 1.78. The SMILES string of the molecule is Cl.Fc1cc(F)c(F)c(F)c1F.NO. The molecule has 1 aromatic carbocycles. The number of benzene rings is 1. The van der Waals surface area contributed by atoms with Crippen LogP contribution in [-0.4, -0.2) is 5.21 Å². The van der Waals surface area contributed by atoms with E-state index in [-0.39, 0.29) is 18.5 Å². The number of hydrogen-bond acceptors (Lipinski definition) is 2. The molecular weight excluding hydrogens is 233 g/mol. The monoisotopic (exact) mass is 237 g/mol. The van der Waals surface area contributed by atoms with E-state index in [0.29, 0.717) is 0 Å². The van der Waals surface area contributed by atoms with E-state index in [9.17, 15) is 22.0 Å². The van der Waals surface area contributed by atoms with Crippen LogP contribution in [0.5, 0.6) is 0 Å². The van der Waals surface area contributed by atoms with Crippen molar-refractivity contribution in [2.24, 2.45) is 5.90 Å². The van der Waals surface area contributed by atoms with Gasteiger partial charge in [-0.3, -0.25) is 0 Å². The quantitative estimate of drug-likeness (QED) is 0.314. The van der Waals surface area contributed by atoms with Crippen LogP contribution in [0.4, 0.5) is 22.0 Å². The predicted octanol–water partition coefficient (Wildman–Crippen LogP) is 2.14. The Labute approximate surface area is 81.5 Å². The summed E-state index contributed by atoms with van der Waals surface area (Å²) in [6, 6.07) is -0.0618. The molecule has 0 fully saturated rings. The third kappa shape index (κ3) is 3.09. The molecule has 2 nitrogen and oxygen atoms in total. The van der Waals surface area contributed by atoms with Gasteiger partial charge in [0, 0.05) is 6.07 Å².